The second kappa shape index (κ2) is 7.08. The number of alkyl halides is 3. The molecule has 1 unspecified atom stereocenters. The van der Waals surface area contributed by atoms with Gasteiger partial charge in [0.2, 0.25) is 0 Å². The third-order valence-corrected chi connectivity index (χ3v) is 3.42. The summed E-state index contributed by atoms with van der Waals surface area (Å²) in [7, 11) is 0. The van der Waals surface area contributed by atoms with Gasteiger partial charge in [-0.25, -0.2) is 0 Å². The molecule has 1 rings (SSSR count). The highest BCUT2D eigenvalue weighted by atomic mass is 32.2. The van der Waals surface area contributed by atoms with Crippen LogP contribution in [-0.2, 0) is 0 Å². The molecule has 0 aromatic heterocycles. The van der Waals surface area contributed by atoms with Gasteiger partial charge in [0.05, 0.1) is 0 Å². The molecule has 1 atom stereocenters. The summed E-state index contributed by atoms with van der Waals surface area (Å²) in [4.78, 5) is 0.216. The van der Waals surface area contributed by atoms with Crippen molar-refractivity contribution >= 4 is 17.4 Å². The van der Waals surface area contributed by atoms with Gasteiger partial charge in [0.1, 0.15) is 0 Å². The lowest BCUT2D eigenvalue weighted by atomic mass is 10.0. The van der Waals surface area contributed by atoms with E-state index in [0.717, 1.165) is 18.5 Å². The predicted octanol–water partition coefficient (Wildman–Crippen LogP) is 5.54. The molecule has 0 aliphatic heterocycles. The van der Waals surface area contributed by atoms with E-state index in [2.05, 4.69) is 26.1 Å². The van der Waals surface area contributed by atoms with Crippen LogP contribution >= 0.6 is 11.8 Å². The summed E-state index contributed by atoms with van der Waals surface area (Å²) in [6.07, 6.45) is 2.19. The quantitative estimate of drug-likeness (QED) is 0.691. The lowest BCUT2D eigenvalue weighted by molar-refractivity contribution is -0.0328. The van der Waals surface area contributed by atoms with E-state index in [9.17, 15) is 13.2 Å². The van der Waals surface area contributed by atoms with E-state index in [4.69, 9.17) is 0 Å². The van der Waals surface area contributed by atoms with E-state index in [1.54, 1.807) is 12.1 Å². The maximum atomic E-state index is 12.2. The molecular formula is C14H20F3NS. The summed E-state index contributed by atoms with van der Waals surface area (Å²) in [6.45, 7) is 6.44. The topological polar surface area (TPSA) is 12.0 Å². The average Bonchev–Trinajstić information content (AvgIpc) is 2.27. The highest BCUT2D eigenvalue weighted by molar-refractivity contribution is 8.00. The minimum Gasteiger partial charge on any atom is -0.383 e. The lowest BCUT2D eigenvalue weighted by Gasteiger charge is -2.16. The van der Waals surface area contributed by atoms with Crippen LogP contribution in [0.4, 0.5) is 18.9 Å². The highest BCUT2D eigenvalue weighted by Crippen LogP contribution is 2.37. The molecule has 0 saturated heterocycles. The van der Waals surface area contributed by atoms with Gasteiger partial charge in [0.15, 0.2) is 0 Å². The molecule has 1 aromatic rings. The van der Waals surface area contributed by atoms with Crippen molar-refractivity contribution in [1.82, 2.24) is 0 Å². The first kappa shape index (κ1) is 16.2. The summed E-state index contributed by atoms with van der Waals surface area (Å²) < 4.78 is 36.5. The Balaban J connectivity index is 2.48. The fraction of sp³-hybridized carbons (Fsp3) is 0.571. The summed E-state index contributed by atoms with van der Waals surface area (Å²) in [5.41, 5.74) is -3.36. The maximum absolute atomic E-state index is 12.2. The standard InChI is InChI=1S/C14H20F3NS/c1-10(2)4-5-11(3)18-12-6-8-13(9-7-12)19-14(15,16)17/h6-11,18H,4-5H2,1-3H3. The van der Waals surface area contributed by atoms with Gasteiger partial charge >= 0.3 is 5.51 Å². The van der Waals surface area contributed by atoms with Crippen molar-refractivity contribution in [3.8, 4) is 0 Å². The van der Waals surface area contributed by atoms with Gasteiger partial charge < -0.3 is 5.32 Å². The molecule has 0 aliphatic carbocycles. The minimum atomic E-state index is -4.22. The molecule has 108 valence electrons. The summed E-state index contributed by atoms with van der Waals surface area (Å²) in [6, 6.07) is 6.70. The molecule has 0 heterocycles. The molecule has 19 heavy (non-hydrogen) atoms. The van der Waals surface area contributed by atoms with Crippen LogP contribution in [0, 0.1) is 5.92 Å². The average molecular weight is 291 g/mol. The van der Waals surface area contributed by atoms with Crippen LogP contribution in [0.1, 0.15) is 33.6 Å². The SMILES string of the molecule is CC(C)CCC(C)Nc1ccc(SC(F)(F)F)cc1. The molecular weight excluding hydrogens is 271 g/mol. The van der Waals surface area contributed by atoms with Crippen LogP contribution in [0.15, 0.2) is 29.2 Å². The van der Waals surface area contributed by atoms with Crippen molar-refractivity contribution in [2.45, 2.75) is 50.1 Å². The number of hydrogen-bond acceptors (Lipinski definition) is 2. The zero-order valence-corrected chi connectivity index (χ0v) is 12.2. The Morgan fingerprint density at radius 3 is 2.11 bits per heavy atom. The molecule has 1 N–H and O–H groups in total. The lowest BCUT2D eigenvalue weighted by Crippen LogP contribution is -2.15. The van der Waals surface area contributed by atoms with Crippen LogP contribution in [-0.4, -0.2) is 11.6 Å². The Labute approximate surface area is 117 Å². The van der Waals surface area contributed by atoms with Crippen molar-refractivity contribution < 1.29 is 13.2 Å². The van der Waals surface area contributed by atoms with Gasteiger partial charge in [-0.3, -0.25) is 0 Å². The zero-order valence-electron chi connectivity index (χ0n) is 11.4. The normalized spacial score (nSPS) is 13.6. The molecule has 0 bridgehead atoms. The van der Waals surface area contributed by atoms with E-state index < -0.39 is 5.51 Å². The number of thioether (sulfide) groups is 1. The van der Waals surface area contributed by atoms with Crippen molar-refractivity contribution in [3.63, 3.8) is 0 Å². The monoisotopic (exact) mass is 291 g/mol. The maximum Gasteiger partial charge on any atom is 0.446 e. The number of rotatable bonds is 6. The second-order valence-electron chi connectivity index (χ2n) is 5.09. The second-order valence-corrected chi connectivity index (χ2v) is 6.23. The number of halogens is 3. The molecule has 0 radical (unpaired) electrons. The molecule has 0 saturated carbocycles. The molecule has 0 spiro atoms. The van der Waals surface area contributed by atoms with Crippen LogP contribution in [0.5, 0.6) is 0 Å². The smallest absolute Gasteiger partial charge is 0.383 e. The van der Waals surface area contributed by atoms with Crippen molar-refractivity contribution in [2.24, 2.45) is 5.92 Å². The number of hydrogen-bond donors (Lipinski definition) is 1. The largest absolute Gasteiger partial charge is 0.446 e. The molecule has 0 aliphatic rings. The van der Waals surface area contributed by atoms with E-state index in [1.807, 2.05) is 0 Å². The first-order valence-electron chi connectivity index (χ1n) is 6.38. The predicted molar refractivity (Wildman–Crippen MR) is 75.5 cm³/mol. The third-order valence-electron chi connectivity index (χ3n) is 2.68. The molecule has 1 aromatic carbocycles. The number of anilines is 1. The van der Waals surface area contributed by atoms with E-state index in [-0.39, 0.29) is 16.7 Å². The van der Waals surface area contributed by atoms with Crippen LogP contribution in [0.25, 0.3) is 0 Å². The van der Waals surface area contributed by atoms with Crippen LogP contribution < -0.4 is 5.32 Å². The Bertz CT molecular complexity index is 373. The third kappa shape index (κ3) is 7.35. The number of nitrogens with one attached hydrogen (secondary N) is 1. The van der Waals surface area contributed by atoms with E-state index in [0.29, 0.717) is 12.0 Å². The van der Waals surface area contributed by atoms with Gasteiger partial charge in [-0.15, -0.1) is 0 Å². The fourth-order valence-electron chi connectivity index (χ4n) is 1.69. The molecule has 5 heteroatoms. The zero-order chi connectivity index (χ0) is 14.5. The molecule has 0 amide bonds. The minimum absolute atomic E-state index is 0.0853. The van der Waals surface area contributed by atoms with Gasteiger partial charge in [-0.05, 0) is 61.7 Å². The van der Waals surface area contributed by atoms with Gasteiger partial charge in [0, 0.05) is 16.6 Å². The van der Waals surface area contributed by atoms with Crippen molar-refractivity contribution in [3.05, 3.63) is 24.3 Å². The Morgan fingerprint density at radius 1 is 1.05 bits per heavy atom. The van der Waals surface area contributed by atoms with Crippen LogP contribution in [0.2, 0.25) is 0 Å². The molecule has 1 nitrogen and oxygen atoms in total. The Hall–Kier alpha value is -0.840. The summed E-state index contributed by atoms with van der Waals surface area (Å²) in [5, 5.41) is 3.30. The van der Waals surface area contributed by atoms with E-state index >= 15 is 0 Å². The number of benzene rings is 1. The Morgan fingerprint density at radius 2 is 1.63 bits per heavy atom. The summed E-state index contributed by atoms with van der Waals surface area (Å²) >= 11 is -0.0853. The van der Waals surface area contributed by atoms with Gasteiger partial charge in [-0.2, -0.15) is 13.2 Å². The summed E-state index contributed by atoms with van der Waals surface area (Å²) in [5.74, 6) is 0.662. The molecule has 0 fully saturated rings. The van der Waals surface area contributed by atoms with Crippen molar-refractivity contribution in [2.75, 3.05) is 5.32 Å². The first-order chi connectivity index (χ1) is 8.76. The van der Waals surface area contributed by atoms with Crippen molar-refractivity contribution in [1.29, 1.82) is 0 Å². The van der Waals surface area contributed by atoms with Crippen LogP contribution in [0.3, 0.4) is 0 Å². The fourth-order valence-corrected chi connectivity index (χ4v) is 2.23. The van der Waals surface area contributed by atoms with E-state index in [1.165, 1.54) is 12.1 Å². The Kier molecular flexibility index (Phi) is 6.04. The highest BCUT2D eigenvalue weighted by Gasteiger charge is 2.28. The van der Waals surface area contributed by atoms with Gasteiger partial charge in [0.25, 0.3) is 0 Å². The van der Waals surface area contributed by atoms with Gasteiger partial charge in [-0.1, -0.05) is 13.8 Å². The first-order valence-corrected chi connectivity index (χ1v) is 7.20.